The van der Waals surface area contributed by atoms with E-state index in [4.69, 9.17) is 4.74 Å². The number of carboxylic acid groups (broad SMARTS) is 1. The summed E-state index contributed by atoms with van der Waals surface area (Å²) in [6, 6.07) is 5.62. The van der Waals surface area contributed by atoms with Crippen LogP contribution in [0, 0.1) is 0 Å². The third-order valence-corrected chi connectivity index (χ3v) is 4.16. The summed E-state index contributed by atoms with van der Waals surface area (Å²) in [6.45, 7) is 5.71. The zero-order valence-corrected chi connectivity index (χ0v) is 15.4. The van der Waals surface area contributed by atoms with Gasteiger partial charge in [0, 0.05) is 18.1 Å². The maximum Gasteiger partial charge on any atom is 0.410 e. The molecule has 2 aromatic rings. The summed E-state index contributed by atoms with van der Waals surface area (Å²) in [7, 11) is 0. The molecule has 0 unspecified atom stereocenters. The summed E-state index contributed by atoms with van der Waals surface area (Å²) in [6.07, 6.45) is 1.53. The molecule has 0 aliphatic carbocycles. The average Bonchev–Trinajstić information content (AvgIpc) is 2.51. The van der Waals surface area contributed by atoms with Gasteiger partial charge < -0.3 is 15.2 Å². The Bertz CT molecular complexity index is 919. The number of rotatable bonds is 3. The third-order valence-electron chi connectivity index (χ3n) is 4.16. The second-order valence-electron chi connectivity index (χ2n) is 7.37. The number of nitrogens with zero attached hydrogens (tertiary/aromatic N) is 2. The van der Waals surface area contributed by atoms with Crippen molar-refractivity contribution in [2.75, 3.05) is 11.9 Å². The molecule has 1 atom stereocenters. The smallest absolute Gasteiger partial charge is 0.410 e. The molecule has 1 aromatic carbocycles. The molecule has 1 aromatic heterocycles. The normalized spacial score (nSPS) is 16.6. The number of aromatic nitrogens is 1. The first-order chi connectivity index (χ1) is 12.7. The van der Waals surface area contributed by atoms with Crippen molar-refractivity contribution in [1.82, 2.24) is 9.88 Å². The number of anilines is 1. The van der Waals surface area contributed by atoms with Crippen molar-refractivity contribution in [3.05, 3.63) is 36.0 Å². The van der Waals surface area contributed by atoms with Crippen LogP contribution >= 0.6 is 0 Å². The molecule has 2 heterocycles. The predicted molar refractivity (Wildman–Crippen MR) is 98.7 cm³/mol. The number of hydrogen-bond acceptors (Lipinski definition) is 5. The van der Waals surface area contributed by atoms with Gasteiger partial charge in [-0.05, 0) is 45.4 Å². The lowest BCUT2D eigenvalue weighted by molar-refractivity contribution is -0.125. The molecule has 27 heavy (non-hydrogen) atoms. The maximum absolute atomic E-state index is 12.7. The highest BCUT2D eigenvalue weighted by atomic mass is 16.6. The number of ether oxygens (including phenoxy) is 1. The molecule has 2 N–H and O–H groups in total. The van der Waals surface area contributed by atoms with E-state index in [1.54, 1.807) is 39.1 Å². The number of fused-ring (bicyclic) bond motifs is 1. The first kappa shape index (κ1) is 18.6. The fraction of sp³-hybridized carbons (Fsp3) is 0.368. The van der Waals surface area contributed by atoms with Gasteiger partial charge in [0.15, 0.2) is 0 Å². The highest BCUT2D eigenvalue weighted by Crippen LogP contribution is 2.27. The number of pyridine rings is 1. The highest BCUT2D eigenvalue weighted by molar-refractivity contribution is 6.06. The molecule has 0 bridgehead atoms. The van der Waals surface area contributed by atoms with E-state index in [1.165, 1.54) is 17.0 Å². The van der Waals surface area contributed by atoms with Gasteiger partial charge in [-0.15, -0.1) is 0 Å². The fourth-order valence-corrected chi connectivity index (χ4v) is 2.83. The van der Waals surface area contributed by atoms with E-state index in [0.717, 1.165) is 0 Å². The quantitative estimate of drug-likeness (QED) is 0.859. The summed E-state index contributed by atoms with van der Waals surface area (Å²) < 4.78 is 5.31. The van der Waals surface area contributed by atoms with Crippen molar-refractivity contribution in [2.24, 2.45) is 0 Å². The summed E-state index contributed by atoms with van der Waals surface area (Å²) >= 11 is 0. The van der Waals surface area contributed by atoms with Crippen LogP contribution in [-0.2, 0) is 9.53 Å². The number of aromatic carboxylic acids is 1. The summed E-state index contributed by atoms with van der Waals surface area (Å²) in [5.41, 5.74) is 0.179. The SMILES string of the molecule is CC(C)(C)OC(=O)N1CC[C@@H]1C(=O)Nc1cc(C(=O)O)cc2cccnc12. The molecule has 8 heteroatoms. The molecule has 3 rings (SSSR count). The van der Waals surface area contributed by atoms with Gasteiger partial charge in [-0.2, -0.15) is 0 Å². The number of hydrogen-bond donors (Lipinski definition) is 2. The first-order valence-corrected chi connectivity index (χ1v) is 8.58. The van der Waals surface area contributed by atoms with Gasteiger partial charge >= 0.3 is 12.1 Å². The molecule has 142 valence electrons. The minimum atomic E-state index is -1.10. The predicted octanol–water partition coefficient (Wildman–Crippen LogP) is 2.88. The molecular formula is C19H21N3O5. The van der Waals surface area contributed by atoms with Crippen LogP contribution in [0.4, 0.5) is 10.5 Å². The Morgan fingerprint density at radius 2 is 2.04 bits per heavy atom. The van der Waals surface area contributed by atoms with Crippen molar-refractivity contribution < 1.29 is 24.2 Å². The molecule has 1 saturated heterocycles. The second-order valence-corrected chi connectivity index (χ2v) is 7.37. The maximum atomic E-state index is 12.7. The minimum absolute atomic E-state index is 0.0448. The number of carbonyl (C=O) groups is 3. The van der Waals surface area contributed by atoms with Crippen molar-refractivity contribution in [2.45, 2.75) is 38.8 Å². The summed E-state index contributed by atoms with van der Waals surface area (Å²) in [5, 5.41) is 12.6. The van der Waals surface area contributed by atoms with Crippen LogP contribution in [-0.4, -0.2) is 51.1 Å². The third kappa shape index (κ3) is 3.99. The molecule has 0 saturated carbocycles. The van der Waals surface area contributed by atoms with Gasteiger partial charge in [-0.3, -0.25) is 14.7 Å². The van der Waals surface area contributed by atoms with E-state index in [1.807, 2.05) is 0 Å². The Labute approximate surface area is 156 Å². The Balaban J connectivity index is 1.82. The lowest BCUT2D eigenvalue weighted by Gasteiger charge is -2.40. The van der Waals surface area contributed by atoms with Crippen LogP contribution in [0.25, 0.3) is 10.9 Å². The Morgan fingerprint density at radius 3 is 2.63 bits per heavy atom. The first-order valence-electron chi connectivity index (χ1n) is 8.58. The molecule has 1 fully saturated rings. The molecule has 8 nitrogen and oxygen atoms in total. The van der Waals surface area contributed by atoms with Crippen molar-refractivity contribution in [3.63, 3.8) is 0 Å². The largest absolute Gasteiger partial charge is 0.478 e. The van der Waals surface area contributed by atoms with Crippen LogP contribution in [0.3, 0.4) is 0 Å². The summed E-state index contributed by atoms with van der Waals surface area (Å²) in [4.78, 5) is 41.8. The number of nitrogens with one attached hydrogen (secondary N) is 1. The van der Waals surface area contributed by atoms with Crippen molar-refractivity contribution in [3.8, 4) is 0 Å². The number of amides is 2. The minimum Gasteiger partial charge on any atom is -0.478 e. The molecule has 0 spiro atoms. The van der Waals surface area contributed by atoms with Gasteiger partial charge in [0.1, 0.15) is 11.6 Å². The van der Waals surface area contributed by atoms with Crippen LogP contribution in [0.5, 0.6) is 0 Å². The highest BCUT2D eigenvalue weighted by Gasteiger charge is 2.40. The lowest BCUT2D eigenvalue weighted by Crippen LogP contribution is -2.57. The van der Waals surface area contributed by atoms with E-state index in [-0.39, 0.29) is 5.56 Å². The van der Waals surface area contributed by atoms with Crippen molar-refractivity contribution in [1.29, 1.82) is 0 Å². The van der Waals surface area contributed by atoms with E-state index < -0.39 is 29.6 Å². The van der Waals surface area contributed by atoms with Gasteiger partial charge in [0.2, 0.25) is 5.91 Å². The monoisotopic (exact) mass is 371 g/mol. The zero-order chi connectivity index (χ0) is 19.8. The number of benzene rings is 1. The van der Waals surface area contributed by atoms with Crippen LogP contribution in [0.15, 0.2) is 30.5 Å². The molecule has 0 radical (unpaired) electrons. The van der Waals surface area contributed by atoms with E-state index >= 15 is 0 Å². The van der Waals surface area contributed by atoms with Gasteiger partial charge in [0.05, 0.1) is 16.8 Å². The topological polar surface area (TPSA) is 109 Å². The van der Waals surface area contributed by atoms with Crippen LogP contribution in [0.1, 0.15) is 37.6 Å². The van der Waals surface area contributed by atoms with Crippen LogP contribution < -0.4 is 5.32 Å². The second kappa shape index (κ2) is 6.86. The zero-order valence-electron chi connectivity index (χ0n) is 15.4. The number of carboxylic acids is 1. The van der Waals surface area contributed by atoms with Gasteiger partial charge in [-0.1, -0.05) is 6.07 Å². The Morgan fingerprint density at radius 1 is 1.30 bits per heavy atom. The van der Waals surface area contributed by atoms with E-state index in [2.05, 4.69) is 10.3 Å². The molecule has 1 aliphatic heterocycles. The molecule has 1 aliphatic rings. The molecule has 2 amide bonds. The Kier molecular flexibility index (Phi) is 4.73. The standard InChI is InChI=1S/C19H21N3O5/c1-19(2,3)27-18(26)22-8-6-14(22)16(23)21-13-10-12(17(24)25)9-11-5-4-7-20-15(11)13/h4-5,7,9-10,14H,6,8H2,1-3H3,(H,21,23)(H,24,25)/t14-/m1/s1. The lowest BCUT2D eigenvalue weighted by atomic mass is 10.0. The number of likely N-dealkylation sites (tertiary alicyclic amines) is 1. The average molecular weight is 371 g/mol. The molecular weight excluding hydrogens is 350 g/mol. The summed E-state index contributed by atoms with van der Waals surface area (Å²) in [5.74, 6) is -1.50. The Hall–Kier alpha value is -3.16. The van der Waals surface area contributed by atoms with Gasteiger partial charge in [0.25, 0.3) is 0 Å². The van der Waals surface area contributed by atoms with Crippen LogP contribution in [0.2, 0.25) is 0 Å². The van der Waals surface area contributed by atoms with Crippen molar-refractivity contribution >= 4 is 34.6 Å². The number of carbonyl (C=O) groups excluding carboxylic acids is 2. The van der Waals surface area contributed by atoms with E-state index in [0.29, 0.717) is 29.6 Å². The van der Waals surface area contributed by atoms with E-state index in [9.17, 15) is 19.5 Å². The van der Waals surface area contributed by atoms with Gasteiger partial charge in [-0.25, -0.2) is 9.59 Å². The fourth-order valence-electron chi connectivity index (χ4n) is 2.83.